The van der Waals surface area contributed by atoms with Crippen molar-refractivity contribution in [3.63, 3.8) is 0 Å². The first-order valence-corrected chi connectivity index (χ1v) is 6.11. The van der Waals surface area contributed by atoms with Gasteiger partial charge in [0.05, 0.1) is 7.11 Å². The van der Waals surface area contributed by atoms with Gasteiger partial charge in [-0.25, -0.2) is 4.39 Å². The van der Waals surface area contributed by atoms with E-state index in [1.54, 1.807) is 12.1 Å². The van der Waals surface area contributed by atoms with E-state index in [9.17, 15) is 4.39 Å². The number of ether oxygens (including phenoxy) is 1. The molecular weight excluding hydrogens is 249 g/mol. The van der Waals surface area contributed by atoms with E-state index >= 15 is 0 Å². The fraction of sp³-hybridized carbons (Fsp3) is 0.385. The van der Waals surface area contributed by atoms with Crippen LogP contribution in [0.4, 0.5) is 4.39 Å². The predicted molar refractivity (Wildman–Crippen MR) is 68.5 cm³/mol. The molecule has 5 nitrogen and oxygen atoms in total. The first-order valence-electron chi connectivity index (χ1n) is 6.11. The van der Waals surface area contributed by atoms with E-state index in [4.69, 9.17) is 9.26 Å². The van der Waals surface area contributed by atoms with E-state index in [0.717, 1.165) is 13.1 Å². The average molecular weight is 265 g/mol. The Morgan fingerprint density at radius 2 is 2.26 bits per heavy atom. The van der Waals surface area contributed by atoms with Crippen molar-refractivity contribution in [1.82, 2.24) is 15.5 Å². The van der Waals surface area contributed by atoms with Crippen LogP contribution in [0.3, 0.4) is 0 Å². The normalized spacial score (nSPS) is 10.7. The first kappa shape index (κ1) is 13.5. The molecule has 6 heteroatoms. The van der Waals surface area contributed by atoms with Crippen LogP contribution >= 0.6 is 0 Å². The second-order valence-corrected chi connectivity index (χ2v) is 3.96. The molecule has 0 saturated heterocycles. The summed E-state index contributed by atoms with van der Waals surface area (Å²) in [5, 5.41) is 7.05. The third-order valence-electron chi connectivity index (χ3n) is 2.64. The number of likely N-dealkylation sites (N-methyl/N-ethyl adjacent to an activating group) is 1. The zero-order valence-corrected chi connectivity index (χ0v) is 10.9. The highest BCUT2D eigenvalue weighted by molar-refractivity contribution is 5.57. The Balaban J connectivity index is 2.13. The summed E-state index contributed by atoms with van der Waals surface area (Å²) in [6, 6.07) is 4.47. The van der Waals surface area contributed by atoms with Crippen molar-refractivity contribution in [2.24, 2.45) is 0 Å². The van der Waals surface area contributed by atoms with Gasteiger partial charge in [-0.1, -0.05) is 12.1 Å². The molecule has 0 aliphatic carbocycles. The van der Waals surface area contributed by atoms with E-state index in [2.05, 4.69) is 15.5 Å². The zero-order chi connectivity index (χ0) is 13.7. The Kier molecular flexibility index (Phi) is 4.46. The van der Waals surface area contributed by atoms with E-state index < -0.39 is 5.82 Å². The topological polar surface area (TPSA) is 60.2 Å². The van der Waals surface area contributed by atoms with Gasteiger partial charge in [0.1, 0.15) is 0 Å². The smallest absolute Gasteiger partial charge is 0.228 e. The maximum atomic E-state index is 13.3. The Morgan fingerprint density at radius 3 is 3.00 bits per heavy atom. The molecule has 0 radical (unpaired) electrons. The highest BCUT2D eigenvalue weighted by Gasteiger charge is 2.11. The van der Waals surface area contributed by atoms with E-state index in [1.165, 1.54) is 13.2 Å². The minimum absolute atomic E-state index is 0.163. The van der Waals surface area contributed by atoms with Gasteiger partial charge in [0, 0.05) is 18.5 Å². The molecule has 102 valence electrons. The van der Waals surface area contributed by atoms with Gasteiger partial charge < -0.3 is 14.6 Å². The number of rotatable bonds is 6. The standard InChI is InChI=1S/C13H16FN3O2/c1-3-15-7-6-12-16-13(17-19-12)9-4-5-10(14)11(8-9)18-2/h4-5,8,15H,3,6-7H2,1-2H3. The molecule has 0 bridgehead atoms. The lowest BCUT2D eigenvalue weighted by molar-refractivity contribution is 0.376. The number of halogens is 1. The van der Waals surface area contributed by atoms with Crippen LogP contribution in [0.2, 0.25) is 0 Å². The van der Waals surface area contributed by atoms with E-state index in [1.807, 2.05) is 6.92 Å². The fourth-order valence-corrected chi connectivity index (χ4v) is 1.64. The van der Waals surface area contributed by atoms with Gasteiger partial charge in [-0.15, -0.1) is 0 Å². The van der Waals surface area contributed by atoms with Gasteiger partial charge in [0.25, 0.3) is 0 Å². The highest BCUT2D eigenvalue weighted by Crippen LogP contribution is 2.24. The maximum Gasteiger partial charge on any atom is 0.228 e. The van der Waals surface area contributed by atoms with Crippen molar-refractivity contribution in [1.29, 1.82) is 0 Å². The zero-order valence-electron chi connectivity index (χ0n) is 10.9. The van der Waals surface area contributed by atoms with Gasteiger partial charge in [-0.2, -0.15) is 4.98 Å². The summed E-state index contributed by atoms with van der Waals surface area (Å²) in [4.78, 5) is 4.26. The summed E-state index contributed by atoms with van der Waals surface area (Å²) in [6.45, 7) is 3.71. The van der Waals surface area contributed by atoms with Crippen molar-refractivity contribution >= 4 is 0 Å². The average Bonchev–Trinajstić information content (AvgIpc) is 2.88. The third kappa shape index (κ3) is 3.29. The molecule has 2 aromatic rings. The monoisotopic (exact) mass is 265 g/mol. The highest BCUT2D eigenvalue weighted by atomic mass is 19.1. The molecular formula is C13H16FN3O2. The van der Waals surface area contributed by atoms with E-state index in [-0.39, 0.29) is 5.75 Å². The molecule has 0 aliphatic heterocycles. The van der Waals surface area contributed by atoms with Gasteiger partial charge in [0.15, 0.2) is 11.6 Å². The minimum atomic E-state index is -0.415. The molecule has 1 heterocycles. The SMILES string of the molecule is CCNCCc1nc(-c2ccc(F)c(OC)c2)no1. The predicted octanol–water partition coefficient (Wildman–Crippen LogP) is 2.04. The summed E-state index contributed by atoms with van der Waals surface area (Å²) >= 11 is 0. The largest absolute Gasteiger partial charge is 0.494 e. The molecule has 0 unspecified atom stereocenters. The van der Waals surface area contributed by atoms with Crippen molar-refractivity contribution in [2.45, 2.75) is 13.3 Å². The molecule has 0 saturated carbocycles. The Hall–Kier alpha value is -1.95. The van der Waals surface area contributed by atoms with Crippen molar-refractivity contribution in [3.8, 4) is 17.1 Å². The lowest BCUT2D eigenvalue weighted by atomic mass is 10.2. The molecule has 0 amide bonds. The summed E-state index contributed by atoms with van der Waals surface area (Å²) in [5.74, 6) is 0.739. The maximum absolute atomic E-state index is 13.3. The van der Waals surface area contributed by atoms with Crippen molar-refractivity contribution in [3.05, 3.63) is 29.9 Å². The van der Waals surface area contributed by atoms with Gasteiger partial charge >= 0.3 is 0 Å². The molecule has 19 heavy (non-hydrogen) atoms. The fourth-order valence-electron chi connectivity index (χ4n) is 1.64. The third-order valence-corrected chi connectivity index (χ3v) is 2.64. The number of nitrogens with zero attached hydrogens (tertiary/aromatic N) is 2. The Labute approximate surface area is 110 Å². The summed E-state index contributed by atoms with van der Waals surface area (Å²) in [5.41, 5.74) is 0.664. The van der Waals surface area contributed by atoms with Gasteiger partial charge in [-0.3, -0.25) is 0 Å². The number of hydrogen-bond donors (Lipinski definition) is 1. The van der Waals surface area contributed by atoms with Gasteiger partial charge in [0.2, 0.25) is 11.7 Å². The van der Waals surface area contributed by atoms with Crippen LogP contribution in [0.25, 0.3) is 11.4 Å². The number of nitrogens with one attached hydrogen (secondary N) is 1. The van der Waals surface area contributed by atoms with Gasteiger partial charge in [-0.05, 0) is 24.7 Å². The van der Waals surface area contributed by atoms with Crippen molar-refractivity contribution < 1.29 is 13.7 Å². The molecule has 2 rings (SSSR count). The van der Waals surface area contributed by atoms with Crippen LogP contribution in [0.15, 0.2) is 22.7 Å². The lowest BCUT2D eigenvalue weighted by Gasteiger charge is -2.02. The van der Waals surface area contributed by atoms with Crippen molar-refractivity contribution in [2.75, 3.05) is 20.2 Å². The van der Waals surface area contributed by atoms with Crippen LogP contribution < -0.4 is 10.1 Å². The molecule has 0 fully saturated rings. The molecule has 0 spiro atoms. The summed E-state index contributed by atoms with van der Waals surface area (Å²) in [7, 11) is 1.42. The summed E-state index contributed by atoms with van der Waals surface area (Å²) in [6.07, 6.45) is 0.666. The summed E-state index contributed by atoms with van der Waals surface area (Å²) < 4.78 is 23.4. The number of aromatic nitrogens is 2. The molecule has 1 aromatic carbocycles. The van der Waals surface area contributed by atoms with E-state index in [0.29, 0.717) is 23.7 Å². The second-order valence-electron chi connectivity index (χ2n) is 3.96. The van der Waals surface area contributed by atoms with Crippen LogP contribution in [-0.4, -0.2) is 30.3 Å². The number of methoxy groups -OCH3 is 1. The number of hydrogen-bond acceptors (Lipinski definition) is 5. The van der Waals surface area contributed by atoms with Crippen LogP contribution in [0, 0.1) is 5.82 Å². The Morgan fingerprint density at radius 1 is 1.42 bits per heavy atom. The van der Waals surface area contributed by atoms with Crippen LogP contribution in [0.5, 0.6) is 5.75 Å². The quantitative estimate of drug-likeness (QED) is 0.810. The molecule has 1 N–H and O–H groups in total. The first-order chi connectivity index (χ1) is 9.24. The van der Waals surface area contributed by atoms with Crippen LogP contribution in [-0.2, 0) is 6.42 Å². The molecule has 1 aromatic heterocycles. The number of benzene rings is 1. The van der Waals surface area contributed by atoms with Crippen LogP contribution in [0.1, 0.15) is 12.8 Å². The minimum Gasteiger partial charge on any atom is -0.494 e. The molecule has 0 atom stereocenters. The lowest BCUT2D eigenvalue weighted by Crippen LogP contribution is -2.16. The second kappa shape index (κ2) is 6.29. The molecule has 0 aliphatic rings. The Bertz CT molecular complexity index is 542.